The van der Waals surface area contributed by atoms with Crippen molar-refractivity contribution in [2.45, 2.75) is 35.7 Å². The molecule has 1 atom stereocenters. The summed E-state index contributed by atoms with van der Waals surface area (Å²) in [6.07, 6.45) is 0.724. The van der Waals surface area contributed by atoms with E-state index >= 15 is 0 Å². The average Bonchev–Trinajstić information content (AvgIpc) is 3.33. The van der Waals surface area contributed by atoms with Crippen molar-refractivity contribution < 1.29 is 21.2 Å². The van der Waals surface area contributed by atoms with Gasteiger partial charge in [-0.25, -0.2) is 14.5 Å². The molecule has 3 aromatic carbocycles. The van der Waals surface area contributed by atoms with Crippen LogP contribution in [0.15, 0.2) is 93.3 Å². The van der Waals surface area contributed by atoms with E-state index in [4.69, 9.17) is 21.8 Å². The summed E-state index contributed by atoms with van der Waals surface area (Å²) in [5, 5.41) is 14.8. The van der Waals surface area contributed by atoms with Gasteiger partial charge in [-0.15, -0.1) is 4.40 Å². The summed E-state index contributed by atoms with van der Waals surface area (Å²) in [4.78, 5) is -0.0554. The minimum Gasteiger partial charge on any atom is -0.351 e. The Bertz CT molecular complexity index is 1650. The number of hydrogen-bond donors (Lipinski definition) is 3. The summed E-state index contributed by atoms with van der Waals surface area (Å²) in [6, 6.07) is 20.4. The Labute approximate surface area is 237 Å². The first kappa shape index (κ1) is 28.2. The van der Waals surface area contributed by atoms with E-state index < -0.39 is 26.3 Å². The molecule has 1 aliphatic carbocycles. The summed E-state index contributed by atoms with van der Waals surface area (Å²) in [7, 11) is -8.05. The lowest BCUT2D eigenvalue weighted by atomic mass is 9.88. The van der Waals surface area contributed by atoms with E-state index in [1.165, 1.54) is 41.4 Å². The highest BCUT2D eigenvalue weighted by Gasteiger charge is 2.37. The molecule has 1 fully saturated rings. The first-order valence-corrected chi connectivity index (χ1v) is 15.7. The molecule has 0 saturated heterocycles. The lowest BCUT2D eigenvalue weighted by Crippen LogP contribution is -2.56. The van der Waals surface area contributed by atoms with Gasteiger partial charge in [-0.05, 0) is 60.4 Å². The van der Waals surface area contributed by atoms with Crippen molar-refractivity contribution in [1.29, 1.82) is 0 Å². The largest absolute Gasteiger partial charge is 0.351 e. The number of hydrogen-bond acceptors (Lipinski definition) is 5. The monoisotopic (exact) mass is 604 g/mol. The zero-order valence-electron chi connectivity index (χ0n) is 21.0. The maximum absolute atomic E-state index is 13.7. The number of nitrogens with one attached hydrogen (secondary N) is 2. The molecule has 40 heavy (non-hydrogen) atoms. The van der Waals surface area contributed by atoms with Crippen LogP contribution in [-0.2, 0) is 20.2 Å². The van der Waals surface area contributed by atoms with Gasteiger partial charge in [0.05, 0.1) is 17.2 Å². The van der Waals surface area contributed by atoms with Gasteiger partial charge in [0.2, 0.25) is 5.96 Å². The zero-order chi connectivity index (χ0) is 28.5. The van der Waals surface area contributed by atoms with E-state index in [1.807, 2.05) is 30.3 Å². The number of nitrogens with zero attached hydrogens (tertiary/aromatic N) is 3. The highest BCUT2D eigenvalue weighted by molar-refractivity contribution is 7.90. The molecule has 5 rings (SSSR count). The van der Waals surface area contributed by atoms with Crippen LogP contribution in [0.3, 0.4) is 0 Å². The van der Waals surface area contributed by atoms with Crippen LogP contribution in [0.1, 0.15) is 29.9 Å². The second-order valence-corrected chi connectivity index (χ2v) is 12.9. The van der Waals surface area contributed by atoms with Crippen LogP contribution in [0.2, 0.25) is 5.02 Å². The Balaban J connectivity index is 1.51. The maximum Gasteiger partial charge on any atom is 0.285 e. The lowest BCUT2D eigenvalue weighted by molar-refractivity contribution is 0.292. The molecule has 0 radical (unpaired) electrons. The third-order valence-electron chi connectivity index (χ3n) is 6.62. The predicted molar refractivity (Wildman–Crippen MR) is 151 cm³/mol. The van der Waals surface area contributed by atoms with E-state index in [9.17, 15) is 21.2 Å². The van der Waals surface area contributed by atoms with Gasteiger partial charge < -0.3 is 5.32 Å². The van der Waals surface area contributed by atoms with Crippen LogP contribution in [-0.4, -0.2) is 52.1 Å². The van der Waals surface area contributed by atoms with Gasteiger partial charge in [0.1, 0.15) is 5.82 Å². The van der Waals surface area contributed by atoms with Crippen molar-refractivity contribution in [3.63, 3.8) is 0 Å². The molecule has 1 heterocycles. The first-order valence-electron chi connectivity index (χ1n) is 12.3. The third-order valence-corrected chi connectivity index (χ3v) is 8.82. The summed E-state index contributed by atoms with van der Waals surface area (Å²) in [6.45, 7) is 0.254. The van der Waals surface area contributed by atoms with Crippen molar-refractivity contribution in [2.75, 3.05) is 6.54 Å². The SMILES string of the molecule is NS(=O)(=O)NC1CC(N/C(=N\S(=O)(=O)c2ccc(Cl)cc2)N2C[C@@H](c3ccccc3)C(c3ccc(F)cc3)=N2)C1. The predicted octanol–water partition coefficient (Wildman–Crippen LogP) is 2.94. The van der Waals surface area contributed by atoms with Gasteiger partial charge >= 0.3 is 0 Å². The number of hydrazone groups is 1. The van der Waals surface area contributed by atoms with Crippen molar-refractivity contribution in [2.24, 2.45) is 14.6 Å². The molecule has 1 aliphatic heterocycles. The summed E-state index contributed by atoms with van der Waals surface area (Å²) >= 11 is 5.93. The van der Waals surface area contributed by atoms with Crippen molar-refractivity contribution >= 4 is 43.5 Å². The molecule has 3 aromatic rings. The van der Waals surface area contributed by atoms with Crippen molar-refractivity contribution in [1.82, 2.24) is 15.0 Å². The normalized spacial score (nSPS) is 21.6. The summed E-state index contributed by atoms with van der Waals surface area (Å²) < 4.78 is 69.5. The minimum absolute atomic E-state index is 0.0213. The van der Waals surface area contributed by atoms with Gasteiger partial charge in [-0.3, -0.25) is 0 Å². The Morgan fingerprint density at radius 3 is 2.23 bits per heavy atom. The molecule has 4 N–H and O–H groups in total. The van der Waals surface area contributed by atoms with Crippen LogP contribution in [0.5, 0.6) is 0 Å². The molecule has 14 heteroatoms. The van der Waals surface area contributed by atoms with Gasteiger partial charge in [-0.2, -0.15) is 26.7 Å². The second-order valence-electron chi connectivity index (χ2n) is 9.55. The highest BCUT2D eigenvalue weighted by atomic mass is 35.5. The van der Waals surface area contributed by atoms with Gasteiger partial charge in [0.15, 0.2) is 0 Å². The van der Waals surface area contributed by atoms with E-state index in [2.05, 4.69) is 14.4 Å². The fraction of sp³-hybridized carbons (Fsp3) is 0.231. The topological polar surface area (TPSA) is 146 Å². The third kappa shape index (κ3) is 6.67. The van der Waals surface area contributed by atoms with E-state index in [0.29, 0.717) is 29.1 Å². The van der Waals surface area contributed by atoms with E-state index in [-0.39, 0.29) is 35.2 Å². The summed E-state index contributed by atoms with van der Waals surface area (Å²) in [5.41, 5.74) is 2.24. The summed E-state index contributed by atoms with van der Waals surface area (Å²) in [5.74, 6) is -0.678. The Morgan fingerprint density at radius 1 is 0.950 bits per heavy atom. The maximum atomic E-state index is 13.7. The smallest absolute Gasteiger partial charge is 0.285 e. The first-order chi connectivity index (χ1) is 19.0. The molecule has 2 aliphatic rings. The van der Waals surface area contributed by atoms with Crippen molar-refractivity contribution in [3.8, 4) is 0 Å². The van der Waals surface area contributed by atoms with Gasteiger partial charge in [0, 0.05) is 23.0 Å². The fourth-order valence-electron chi connectivity index (χ4n) is 4.63. The van der Waals surface area contributed by atoms with Crippen LogP contribution in [0, 0.1) is 5.82 Å². The molecule has 1 saturated carbocycles. The van der Waals surface area contributed by atoms with Gasteiger partial charge in [-0.1, -0.05) is 54.1 Å². The number of halogens is 2. The number of sulfonamides is 1. The molecule has 0 unspecified atom stereocenters. The molecule has 0 aromatic heterocycles. The average molecular weight is 605 g/mol. The molecule has 0 amide bonds. The Kier molecular flexibility index (Phi) is 7.93. The number of guanidine groups is 1. The van der Waals surface area contributed by atoms with Crippen LogP contribution in [0.25, 0.3) is 0 Å². The molecule has 10 nitrogen and oxygen atoms in total. The second kappa shape index (κ2) is 11.3. The quantitative estimate of drug-likeness (QED) is 0.279. The van der Waals surface area contributed by atoms with Crippen molar-refractivity contribution in [3.05, 3.63) is 101 Å². The standard InChI is InChI=1S/C26H26ClFN6O4S2/c27-19-8-12-23(13-9-19)39(35,36)33-26(30-21-14-22(15-21)32-40(29,37)38)34-16-24(17-4-2-1-3-5-17)25(31-34)18-6-10-20(28)11-7-18/h1-13,21-22,24,32H,14-16H2,(H,30,33)(H2,29,37,38)/t21?,22?,24-/m0/s1. The number of nitrogens with two attached hydrogens (primary N) is 1. The lowest BCUT2D eigenvalue weighted by Gasteiger charge is -2.37. The van der Waals surface area contributed by atoms with Gasteiger partial charge in [0.25, 0.3) is 20.2 Å². The Hall–Kier alpha value is -3.36. The van der Waals surface area contributed by atoms with E-state index in [1.54, 1.807) is 12.1 Å². The van der Waals surface area contributed by atoms with E-state index in [0.717, 1.165) is 5.56 Å². The number of rotatable bonds is 7. The number of benzene rings is 3. The highest BCUT2D eigenvalue weighted by Crippen LogP contribution is 2.30. The molecule has 0 spiro atoms. The zero-order valence-corrected chi connectivity index (χ0v) is 23.4. The van der Waals surface area contributed by atoms with Crippen LogP contribution >= 0.6 is 11.6 Å². The Morgan fingerprint density at radius 2 is 1.60 bits per heavy atom. The molecular weight excluding hydrogens is 579 g/mol. The van der Waals surface area contributed by atoms with Crippen LogP contribution in [0.4, 0.5) is 4.39 Å². The fourth-order valence-corrected chi connectivity index (χ4v) is 6.37. The molecular formula is C26H26ClFN6O4S2. The minimum atomic E-state index is -4.18. The molecule has 0 bridgehead atoms. The van der Waals surface area contributed by atoms with Crippen LogP contribution < -0.4 is 15.2 Å². The molecule has 210 valence electrons.